The summed E-state index contributed by atoms with van der Waals surface area (Å²) in [7, 11) is 0. The number of aryl methyl sites for hydroxylation is 1. The average Bonchev–Trinajstić information content (AvgIpc) is 2.40. The molecule has 122 valence electrons. The zero-order valence-corrected chi connectivity index (χ0v) is 11.8. The second kappa shape index (κ2) is 5.83. The number of rotatable bonds is 1. The first-order valence-corrected chi connectivity index (χ1v) is 6.70. The van der Waals surface area contributed by atoms with Gasteiger partial charge in [-0.1, -0.05) is 0 Å². The quantitative estimate of drug-likeness (QED) is 0.808. The van der Waals surface area contributed by atoms with Crippen LogP contribution in [0.5, 0.6) is 0 Å². The lowest BCUT2D eigenvalue weighted by Gasteiger charge is -2.39. The molecule has 0 spiro atoms. The Kier molecular flexibility index (Phi) is 4.42. The third-order valence-corrected chi connectivity index (χ3v) is 3.74. The van der Waals surface area contributed by atoms with Crippen LogP contribution in [-0.4, -0.2) is 35.6 Å². The molecule has 22 heavy (non-hydrogen) atoms. The van der Waals surface area contributed by atoms with Gasteiger partial charge in [0, 0.05) is 18.7 Å². The molecule has 2 rings (SSSR count). The summed E-state index contributed by atoms with van der Waals surface area (Å²) in [5, 5.41) is 0. The molecule has 2 atom stereocenters. The standard InChI is InChI=1S/C14H15F5N2O/c1-7-4-9(11(16)5-10(7)15)13(22)21-6-8(20)2-3-12(21)14(17,18)19/h4-5,8,12H,2-3,6,20H2,1H3. The summed E-state index contributed by atoms with van der Waals surface area (Å²) in [4.78, 5) is 12.8. The highest BCUT2D eigenvalue weighted by molar-refractivity contribution is 5.95. The first-order valence-electron chi connectivity index (χ1n) is 6.70. The van der Waals surface area contributed by atoms with Crippen LogP contribution in [0.3, 0.4) is 0 Å². The molecule has 0 aromatic heterocycles. The van der Waals surface area contributed by atoms with Crippen molar-refractivity contribution in [3.05, 3.63) is 34.9 Å². The Hall–Kier alpha value is -1.70. The summed E-state index contributed by atoms with van der Waals surface area (Å²) < 4.78 is 66.1. The number of nitrogens with two attached hydrogens (primary N) is 1. The fourth-order valence-corrected chi connectivity index (χ4v) is 2.54. The van der Waals surface area contributed by atoms with E-state index in [-0.39, 0.29) is 24.9 Å². The van der Waals surface area contributed by atoms with Crippen molar-refractivity contribution in [2.45, 2.75) is 38.0 Å². The minimum Gasteiger partial charge on any atom is -0.326 e. The monoisotopic (exact) mass is 322 g/mol. The Bertz CT molecular complexity index is 587. The number of nitrogens with zero attached hydrogens (tertiary/aromatic N) is 1. The summed E-state index contributed by atoms with van der Waals surface area (Å²) in [6, 6.07) is -1.20. The van der Waals surface area contributed by atoms with Crippen molar-refractivity contribution in [3.8, 4) is 0 Å². The van der Waals surface area contributed by atoms with Crippen molar-refractivity contribution >= 4 is 5.91 Å². The normalized spacial score (nSPS) is 22.8. The van der Waals surface area contributed by atoms with Crippen molar-refractivity contribution in [2.24, 2.45) is 5.73 Å². The predicted molar refractivity (Wildman–Crippen MR) is 69.2 cm³/mol. The molecule has 1 aliphatic heterocycles. The summed E-state index contributed by atoms with van der Waals surface area (Å²) in [5.41, 5.74) is 5.02. The molecule has 3 nitrogen and oxygen atoms in total. The maximum atomic E-state index is 13.8. The maximum absolute atomic E-state index is 13.8. The van der Waals surface area contributed by atoms with Crippen molar-refractivity contribution in [1.29, 1.82) is 0 Å². The van der Waals surface area contributed by atoms with E-state index in [0.717, 1.165) is 6.07 Å². The highest BCUT2D eigenvalue weighted by atomic mass is 19.4. The van der Waals surface area contributed by atoms with Gasteiger partial charge in [0.25, 0.3) is 5.91 Å². The minimum absolute atomic E-state index is 0.0189. The molecule has 1 saturated heterocycles. The average molecular weight is 322 g/mol. The number of carbonyl (C=O) groups is 1. The van der Waals surface area contributed by atoms with Gasteiger partial charge in [0.05, 0.1) is 5.56 Å². The van der Waals surface area contributed by atoms with Crippen molar-refractivity contribution in [2.75, 3.05) is 6.54 Å². The van der Waals surface area contributed by atoms with E-state index >= 15 is 0 Å². The molecule has 1 fully saturated rings. The van der Waals surface area contributed by atoms with E-state index in [1.165, 1.54) is 6.92 Å². The number of halogens is 5. The number of carbonyl (C=O) groups excluding carboxylic acids is 1. The molecule has 2 N–H and O–H groups in total. The summed E-state index contributed by atoms with van der Waals surface area (Å²) in [6.07, 6.45) is -4.83. The van der Waals surface area contributed by atoms with Gasteiger partial charge in [-0.05, 0) is 31.4 Å². The number of alkyl halides is 3. The van der Waals surface area contributed by atoms with Crippen LogP contribution in [0.1, 0.15) is 28.8 Å². The SMILES string of the molecule is Cc1cc(C(=O)N2CC(N)CCC2C(F)(F)F)c(F)cc1F. The van der Waals surface area contributed by atoms with Crippen molar-refractivity contribution in [1.82, 2.24) is 4.90 Å². The molecule has 0 radical (unpaired) electrons. The zero-order chi connectivity index (χ0) is 16.7. The lowest BCUT2D eigenvalue weighted by molar-refractivity contribution is -0.184. The van der Waals surface area contributed by atoms with Crippen LogP contribution < -0.4 is 5.73 Å². The van der Waals surface area contributed by atoms with Gasteiger partial charge < -0.3 is 10.6 Å². The predicted octanol–water partition coefficient (Wildman–Crippen LogP) is 2.77. The van der Waals surface area contributed by atoms with Crippen molar-refractivity contribution in [3.63, 3.8) is 0 Å². The highest BCUT2D eigenvalue weighted by Gasteiger charge is 2.48. The third-order valence-electron chi connectivity index (χ3n) is 3.74. The molecule has 0 saturated carbocycles. The van der Waals surface area contributed by atoms with Crippen LogP contribution in [-0.2, 0) is 0 Å². The first-order chi connectivity index (χ1) is 10.1. The molecule has 1 aliphatic rings. The van der Waals surface area contributed by atoms with E-state index in [2.05, 4.69) is 0 Å². The Morgan fingerprint density at radius 1 is 1.23 bits per heavy atom. The Morgan fingerprint density at radius 2 is 1.86 bits per heavy atom. The van der Waals surface area contributed by atoms with Crippen LogP contribution >= 0.6 is 0 Å². The topological polar surface area (TPSA) is 46.3 Å². The van der Waals surface area contributed by atoms with Crippen LogP contribution in [0.4, 0.5) is 22.0 Å². The maximum Gasteiger partial charge on any atom is 0.408 e. The Balaban J connectivity index is 2.39. The smallest absolute Gasteiger partial charge is 0.326 e. The zero-order valence-electron chi connectivity index (χ0n) is 11.8. The van der Waals surface area contributed by atoms with E-state index in [0.29, 0.717) is 11.0 Å². The van der Waals surface area contributed by atoms with Crippen LogP contribution in [0.15, 0.2) is 12.1 Å². The Labute approximate surface area is 123 Å². The molecule has 2 unspecified atom stereocenters. The van der Waals surface area contributed by atoms with Gasteiger partial charge in [-0.25, -0.2) is 8.78 Å². The molecule has 0 aliphatic carbocycles. The largest absolute Gasteiger partial charge is 0.408 e. The summed E-state index contributed by atoms with van der Waals surface area (Å²) in [5.74, 6) is -3.18. The van der Waals surface area contributed by atoms with Gasteiger partial charge >= 0.3 is 6.18 Å². The van der Waals surface area contributed by atoms with Gasteiger partial charge in [-0.15, -0.1) is 0 Å². The van der Waals surface area contributed by atoms with Crippen LogP contribution in [0, 0.1) is 18.6 Å². The number of hydrogen-bond acceptors (Lipinski definition) is 2. The fraction of sp³-hybridized carbons (Fsp3) is 0.500. The fourth-order valence-electron chi connectivity index (χ4n) is 2.54. The van der Waals surface area contributed by atoms with Gasteiger partial charge in [-0.3, -0.25) is 4.79 Å². The molecular formula is C14H15F5N2O. The molecule has 1 aromatic rings. The summed E-state index contributed by atoms with van der Waals surface area (Å²) in [6.45, 7) is 0.980. The molecule has 1 amide bonds. The molecule has 0 bridgehead atoms. The van der Waals surface area contributed by atoms with Gasteiger partial charge in [0.2, 0.25) is 0 Å². The number of benzene rings is 1. The van der Waals surface area contributed by atoms with E-state index in [1.54, 1.807) is 0 Å². The molecular weight excluding hydrogens is 307 g/mol. The Morgan fingerprint density at radius 3 is 2.45 bits per heavy atom. The van der Waals surface area contributed by atoms with Crippen LogP contribution in [0.2, 0.25) is 0 Å². The van der Waals surface area contributed by atoms with Gasteiger partial charge in [0.1, 0.15) is 17.7 Å². The van der Waals surface area contributed by atoms with Gasteiger partial charge in [-0.2, -0.15) is 13.2 Å². The first kappa shape index (κ1) is 16.7. The van der Waals surface area contributed by atoms with Gasteiger partial charge in [0.15, 0.2) is 0 Å². The third kappa shape index (κ3) is 3.21. The van der Waals surface area contributed by atoms with E-state index in [9.17, 15) is 26.7 Å². The number of amides is 1. The summed E-state index contributed by atoms with van der Waals surface area (Å²) >= 11 is 0. The van der Waals surface area contributed by atoms with E-state index in [4.69, 9.17) is 5.73 Å². The minimum atomic E-state index is -4.62. The van der Waals surface area contributed by atoms with Crippen LogP contribution in [0.25, 0.3) is 0 Å². The molecule has 8 heteroatoms. The second-order valence-electron chi connectivity index (χ2n) is 5.43. The molecule has 1 aromatic carbocycles. The van der Waals surface area contributed by atoms with E-state index < -0.39 is 41.4 Å². The van der Waals surface area contributed by atoms with Crippen molar-refractivity contribution < 1.29 is 26.7 Å². The highest BCUT2D eigenvalue weighted by Crippen LogP contribution is 2.33. The lowest BCUT2D eigenvalue weighted by atomic mass is 9.97. The number of hydrogen-bond donors (Lipinski definition) is 1. The number of likely N-dealkylation sites (tertiary alicyclic amines) is 1. The lowest BCUT2D eigenvalue weighted by Crippen LogP contribution is -2.56. The van der Waals surface area contributed by atoms with E-state index in [1.807, 2.05) is 0 Å². The number of piperidine rings is 1. The second-order valence-corrected chi connectivity index (χ2v) is 5.43. The molecule has 1 heterocycles.